The normalized spacial score (nSPS) is 11.9. The van der Waals surface area contributed by atoms with Crippen LogP contribution in [0.2, 0.25) is 0 Å². The van der Waals surface area contributed by atoms with Gasteiger partial charge in [-0.25, -0.2) is 0 Å². The molecule has 0 aliphatic heterocycles. The molecule has 0 bridgehead atoms. The Bertz CT molecular complexity index is 512. The Labute approximate surface area is 95.2 Å². The first kappa shape index (κ1) is 10.7. The lowest BCUT2D eigenvalue weighted by Gasteiger charge is -2.05. The zero-order valence-corrected chi connectivity index (χ0v) is 9.35. The van der Waals surface area contributed by atoms with Crippen LogP contribution in [0, 0.1) is 0 Å². The average Bonchev–Trinajstić information content (AvgIpc) is 2.35. The van der Waals surface area contributed by atoms with Crippen LogP contribution in [0.5, 0.6) is 0 Å². The molecular weight excluding hydrogens is 198 g/mol. The number of fused-ring (bicyclic) bond motifs is 1. The van der Waals surface area contributed by atoms with E-state index in [-0.39, 0.29) is 0 Å². The van der Waals surface area contributed by atoms with Crippen molar-refractivity contribution in [1.29, 1.82) is 0 Å². The van der Waals surface area contributed by atoms with Gasteiger partial charge in [-0.2, -0.15) is 0 Å². The molecule has 2 nitrogen and oxygen atoms in total. The largest absolute Gasteiger partial charge is 0.411 e. The van der Waals surface area contributed by atoms with Crippen molar-refractivity contribution in [2.45, 2.75) is 19.8 Å². The molecule has 0 aliphatic rings. The summed E-state index contributed by atoms with van der Waals surface area (Å²) in [4.78, 5) is 0. The van der Waals surface area contributed by atoms with Gasteiger partial charge in [0.25, 0.3) is 0 Å². The van der Waals surface area contributed by atoms with Gasteiger partial charge in [0, 0.05) is 0 Å². The Morgan fingerprint density at radius 1 is 1.12 bits per heavy atom. The molecule has 0 amide bonds. The predicted molar refractivity (Wildman–Crippen MR) is 67.2 cm³/mol. The van der Waals surface area contributed by atoms with Crippen LogP contribution in [0.15, 0.2) is 47.6 Å². The fourth-order valence-electron chi connectivity index (χ4n) is 1.88. The van der Waals surface area contributed by atoms with Crippen molar-refractivity contribution >= 4 is 16.5 Å². The molecule has 2 heteroatoms. The predicted octanol–water partition coefficient (Wildman–Crippen LogP) is 3.62. The van der Waals surface area contributed by atoms with E-state index in [0.29, 0.717) is 0 Å². The smallest absolute Gasteiger partial charge is 0.0543 e. The fraction of sp³-hybridized carbons (Fsp3) is 0.214. The molecule has 2 rings (SSSR count). The quantitative estimate of drug-likeness (QED) is 0.471. The van der Waals surface area contributed by atoms with Crippen molar-refractivity contribution in [3.63, 3.8) is 0 Å². The summed E-state index contributed by atoms with van der Waals surface area (Å²) in [6, 6.07) is 14.7. The highest BCUT2D eigenvalue weighted by Gasteiger charge is 2.01. The molecule has 0 fully saturated rings. The Hall–Kier alpha value is -1.83. The fourth-order valence-corrected chi connectivity index (χ4v) is 1.88. The Kier molecular flexibility index (Phi) is 3.20. The van der Waals surface area contributed by atoms with Gasteiger partial charge in [0.15, 0.2) is 0 Å². The maximum Gasteiger partial charge on any atom is 0.0543 e. The Balaban J connectivity index is 2.30. The summed E-state index contributed by atoms with van der Waals surface area (Å²) < 4.78 is 0. The summed E-state index contributed by atoms with van der Waals surface area (Å²) in [5.74, 6) is 0. The van der Waals surface area contributed by atoms with E-state index in [1.54, 1.807) is 0 Å². The number of nitrogens with zero attached hydrogens (tertiary/aromatic N) is 1. The van der Waals surface area contributed by atoms with Gasteiger partial charge in [0.2, 0.25) is 0 Å². The Morgan fingerprint density at radius 3 is 2.69 bits per heavy atom. The minimum absolute atomic E-state index is 0.771. The highest BCUT2D eigenvalue weighted by Crippen LogP contribution is 2.19. The summed E-state index contributed by atoms with van der Waals surface area (Å²) in [6.45, 7) is 1.84. The monoisotopic (exact) mass is 213 g/mol. The van der Waals surface area contributed by atoms with Gasteiger partial charge in [-0.15, -0.1) is 0 Å². The second-order valence-electron chi connectivity index (χ2n) is 3.97. The van der Waals surface area contributed by atoms with Crippen molar-refractivity contribution in [2.75, 3.05) is 0 Å². The van der Waals surface area contributed by atoms with Gasteiger partial charge in [-0.05, 0) is 36.1 Å². The minimum atomic E-state index is 0.771. The van der Waals surface area contributed by atoms with Crippen molar-refractivity contribution in [2.24, 2.45) is 5.16 Å². The van der Waals surface area contributed by atoms with Crippen LogP contribution in [-0.2, 0) is 6.42 Å². The third kappa shape index (κ3) is 2.22. The number of rotatable bonds is 3. The van der Waals surface area contributed by atoms with Gasteiger partial charge >= 0.3 is 0 Å². The van der Waals surface area contributed by atoms with Gasteiger partial charge < -0.3 is 5.21 Å². The van der Waals surface area contributed by atoms with E-state index in [4.69, 9.17) is 5.21 Å². The highest BCUT2D eigenvalue weighted by molar-refractivity contribution is 5.87. The first-order valence-electron chi connectivity index (χ1n) is 5.45. The SMILES string of the molecule is CC(CCc1cccc2ccccc12)=NO. The molecule has 0 saturated heterocycles. The summed E-state index contributed by atoms with van der Waals surface area (Å²) >= 11 is 0. The number of oxime groups is 1. The Morgan fingerprint density at radius 2 is 1.88 bits per heavy atom. The molecule has 82 valence electrons. The zero-order chi connectivity index (χ0) is 11.4. The molecule has 0 saturated carbocycles. The van der Waals surface area contributed by atoms with E-state index < -0.39 is 0 Å². The average molecular weight is 213 g/mol. The van der Waals surface area contributed by atoms with E-state index in [9.17, 15) is 0 Å². The zero-order valence-electron chi connectivity index (χ0n) is 9.35. The van der Waals surface area contributed by atoms with Crippen LogP contribution < -0.4 is 0 Å². The molecule has 0 heterocycles. The second-order valence-corrected chi connectivity index (χ2v) is 3.97. The van der Waals surface area contributed by atoms with E-state index >= 15 is 0 Å². The lowest BCUT2D eigenvalue weighted by molar-refractivity contribution is 0.317. The van der Waals surface area contributed by atoms with Gasteiger partial charge in [0.1, 0.15) is 0 Å². The number of benzene rings is 2. The lowest BCUT2D eigenvalue weighted by atomic mass is 10.00. The molecule has 0 atom stereocenters. The van der Waals surface area contributed by atoms with Crippen molar-refractivity contribution in [3.05, 3.63) is 48.0 Å². The minimum Gasteiger partial charge on any atom is -0.411 e. The highest BCUT2D eigenvalue weighted by atomic mass is 16.4. The van der Waals surface area contributed by atoms with Crippen LogP contribution in [0.3, 0.4) is 0 Å². The molecule has 0 spiro atoms. The van der Waals surface area contributed by atoms with Gasteiger partial charge in [-0.3, -0.25) is 0 Å². The molecule has 2 aromatic carbocycles. The molecule has 16 heavy (non-hydrogen) atoms. The van der Waals surface area contributed by atoms with Gasteiger partial charge in [0.05, 0.1) is 5.71 Å². The molecule has 0 aromatic heterocycles. The first-order valence-corrected chi connectivity index (χ1v) is 5.45. The van der Waals surface area contributed by atoms with Gasteiger partial charge in [-0.1, -0.05) is 47.6 Å². The third-order valence-electron chi connectivity index (χ3n) is 2.81. The number of aryl methyl sites for hydroxylation is 1. The maximum atomic E-state index is 8.61. The second kappa shape index (κ2) is 4.79. The number of hydrogen-bond acceptors (Lipinski definition) is 2. The van der Waals surface area contributed by atoms with Crippen molar-refractivity contribution in [1.82, 2.24) is 0 Å². The van der Waals surface area contributed by atoms with Crippen molar-refractivity contribution < 1.29 is 5.21 Å². The summed E-state index contributed by atoms with van der Waals surface area (Å²) in [6.07, 6.45) is 1.71. The molecule has 0 aliphatic carbocycles. The standard InChI is InChI=1S/C14H15NO/c1-11(15-16)9-10-13-7-4-6-12-5-2-3-8-14(12)13/h2-8,16H,9-10H2,1H3. The molecule has 0 unspecified atom stereocenters. The van der Waals surface area contributed by atoms with Crippen LogP contribution >= 0.6 is 0 Å². The summed E-state index contributed by atoms with van der Waals surface area (Å²) in [5, 5.41) is 14.4. The maximum absolute atomic E-state index is 8.61. The first-order chi connectivity index (χ1) is 7.81. The molecular formula is C14H15NO. The van der Waals surface area contributed by atoms with Crippen molar-refractivity contribution in [3.8, 4) is 0 Å². The van der Waals surface area contributed by atoms with Crippen LogP contribution in [0.4, 0.5) is 0 Å². The lowest BCUT2D eigenvalue weighted by Crippen LogP contribution is -1.95. The topological polar surface area (TPSA) is 32.6 Å². The molecule has 0 radical (unpaired) electrons. The summed E-state index contributed by atoms with van der Waals surface area (Å²) in [5.41, 5.74) is 2.08. The third-order valence-corrected chi connectivity index (χ3v) is 2.81. The molecule has 2 aromatic rings. The van der Waals surface area contributed by atoms with E-state index in [1.807, 2.05) is 13.0 Å². The van der Waals surface area contributed by atoms with E-state index in [2.05, 4.69) is 41.6 Å². The van der Waals surface area contributed by atoms with E-state index in [1.165, 1.54) is 16.3 Å². The van der Waals surface area contributed by atoms with Crippen LogP contribution in [0.1, 0.15) is 18.9 Å². The van der Waals surface area contributed by atoms with Crippen LogP contribution in [-0.4, -0.2) is 10.9 Å². The summed E-state index contributed by atoms with van der Waals surface area (Å²) in [7, 11) is 0. The molecule has 1 N–H and O–H groups in total. The number of hydrogen-bond donors (Lipinski definition) is 1. The van der Waals surface area contributed by atoms with Crippen LogP contribution in [0.25, 0.3) is 10.8 Å². The van der Waals surface area contributed by atoms with E-state index in [0.717, 1.165) is 18.6 Å².